The maximum Gasteiger partial charge on any atom is 0.277 e. The number of nitrogen functional groups attached to an aromatic ring is 1. The van der Waals surface area contributed by atoms with Gasteiger partial charge in [0.1, 0.15) is 17.2 Å². The van der Waals surface area contributed by atoms with Crippen molar-refractivity contribution in [1.82, 2.24) is 14.5 Å². The molecule has 0 spiro atoms. The molecule has 6 heteroatoms. The Morgan fingerprint density at radius 1 is 1.26 bits per heavy atom. The smallest absolute Gasteiger partial charge is 0.277 e. The van der Waals surface area contributed by atoms with Crippen LogP contribution in [0.1, 0.15) is 5.82 Å². The molecule has 0 atom stereocenters. The Morgan fingerprint density at radius 2 is 2.05 bits per heavy atom. The quantitative estimate of drug-likeness (QED) is 0.803. The van der Waals surface area contributed by atoms with Crippen LogP contribution in [0.4, 0.5) is 5.69 Å². The highest BCUT2D eigenvalue weighted by Gasteiger charge is 2.17. The third kappa shape index (κ3) is 2.10. The van der Waals surface area contributed by atoms with Crippen molar-refractivity contribution < 1.29 is 4.74 Å². The number of anilines is 1. The van der Waals surface area contributed by atoms with Crippen molar-refractivity contribution >= 4 is 5.69 Å². The first-order valence-corrected chi connectivity index (χ1v) is 6.14. The van der Waals surface area contributed by atoms with E-state index in [1.807, 2.05) is 0 Å². The standard InChI is InChI=1S/C13H14N4O2/c14-11-12(9-1-4-15-5-2-9)16-10-3-7-19-8-6-17(10)13(11)18/h1-2,4-5H,3,6-8,14H2. The van der Waals surface area contributed by atoms with E-state index in [9.17, 15) is 4.79 Å². The fourth-order valence-corrected chi connectivity index (χ4v) is 2.19. The molecule has 0 unspecified atom stereocenters. The number of rotatable bonds is 1. The molecule has 0 bridgehead atoms. The van der Waals surface area contributed by atoms with Gasteiger partial charge in [0.05, 0.1) is 19.8 Å². The van der Waals surface area contributed by atoms with Crippen molar-refractivity contribution in [2.75, 3.05) is 18.9 Å². The molecule has 2 aromatic rings. The molecule has 0 saturated carbocycles. The third-order valence-corrected chi connectivity index (χ3v) is 3.17. The molecular formula is C13H14N4O2. The van der Waals surface area contributed by atoms with E-state index >= 15 is 0 Å². The summed E-state index contributed by atoms with van der Waals surface area (Å²) < 4.78 is 6.97. The predicted octanol–water partition coefficient (Wildman–Crippen LogP) is 0.460. The second-order valence-corrected chi connectivity index (χ2v) is 4.35. The molecule has 0 aliphatic carbocycles. The monoisotopic (exact) mass is 258 g/mol. The maximum atomic E-state index is 12.3. The highest BCUT2D eigenvalue weighted by molar-refractivity contribution is 5.71. The first-order valence-electron chi connectivity index (χ1n) is 6.14. The zero-order chi connectivity index (χ0) is 13.2. The van der Waals surface area contributed by atoms with Crippen molar-refractivity contribution in [3.63, 3.8) is 0 Å². The van der Waals surface area contributed by atoms with Crippen LogP contribution in [0.15, 0.2) is 29.3 Å². The summed E-state index contributed by atoms with van der Waals surface area (Å²) >= 11 is 0. The Kier molecular flexibility index (Phi) is 3.00. The van der Waals surface area contributed by atoms with Crippen LogP contribution in [0, 0.1) is 0 Å². The molecule has 2 N–H and O–H groups in total. The number of hydrogen-bond donors (Lipinski definition) is 1. The normalized spacial score (nSPS) is 14.7. The van der Waals surface area contributed by atoms with Gasteiger partial charge >= 0.3 is 0 Å². The molecule has 0 radical (unpaired) electrons. The van der Waals surface area contributed by atoms with Crippen LogP contribution in [0.3, 0.4) is 0 Å². The fourth-order valence-electron chi connectivity index (χ4n) is 2.19. The van der Waals surface area contributed by atoms with E-state index in [1.165, 1.54) is 0 Å². The zero-order valence-electron chi connectivity index (χ0n) is 10.4. The number of nitrogens with zero attached hydrogens (tertiary/aromatic N) is 3. The highest BCUT2D eigenvalue weighted by Crippen LogP contribution is 2.21. The first kappa shape index (κ1) is 11.9. The average molecular weight is 258 g/mol. The third-order valence-electron chi connectivity index (χ3n) is 3.17. The minimum Gasteiger partial charge on any atom is -0.392 e. The zero-order valence-corrected chi connectivity index (χ0v) is 10.4. The van der Waals surface area contributed by atoms with E-state index < -0.39 is 0 Å². The SMILES string of the molecule is Nc1c(-c2ccncc2)nc2n(c1=O)CCOCC2. The van der Waals surface area contributed by atoms with Gasteiger partial charge in [0, 0.05) is 24.4 Å². The number of ether oxygens (including phenoxy) is 1. The predicted molar refractivity (Wildman–Crippen MR) is 70.7 cm³/mol. The lowest BCUT2D eigenvalue weighted by molar-refractivity contribution is 0.140. The Bertz CT molecular complexity index is 652. The Morgan fingerprint density at radius 3 is 2.84 bits per heavy atom. The van der Waals surface area contributed by atoms with Crippen molar-refractivity contribution in [3.05, 3.63) is 40.7 Å². The van der Waals surface area contributed by atoms with Crippen LogP contribution in [-0.4, -0.2) is 27.7 Å². The molecule has 2 aromatic heterocycles. The van der Waals surface area contributed by atoms with Crippen LogP contribution in [0.2, 0.25) is 0 Å². The van der Waals surface area contributed by atoms with Gasteiger partial charge in [0.2, 0.25) is 0 Å². The Balaban J connectivity index is 2.20. The van der Waals surface area contributed by atoms with Crippen molar-refractivity contribution in [2.45, 2.75) is 13.0 Å². The number of nitrogens with two attached hydrogens (primary N) is 1. The van der Waals surface area contributed by atoms with Crippen molar-refractivity contribution in [2.24, 2.45) is 0 Å². The second kappa shape index (κ2) is 4.81. The van der Waals surface area contributed by atoms with Crippen LogP contribution >= 0.6 is 0 Å². The van der Waals surface area contributed by atoms with Gasteiger partial charge in [-0.15, -0.1) is 0 Å². The summed E-state index contributed by atoms with van der Waals surface area (Å²) in [5, 5.41) is 0. The van der Waals surface area contributed by atoms with E-state index in [1.54, 1.807) is 29.1 Å². The summed E-state index contributed by atoms with van der Waals surface area (Å²) in [6, 6.07) is 3.59. The van der Waals surface area contributed by atoms with Crippen molar-refractivity contribution in [1.29, 1.82) is 0 Å². The van der Waals surface area contributed by atoms with Gasteiger partial charge in [0.25, 0.3) is 5.56 Å². The largest absolute Gasteiger partial charge is 0.392 e. The van der Waals surface area contributed by atoms with Gasteiger partial charge in [-0.3, -0.25) is 14.3 Å². The fraction of sp³-hybridized carbons (Fsp3) is 0.308. The average Bonchev–Trinajstić information content (AvgIpc) is 2.69. The summed E-state index contributed by atoms with van der Waals surface area (Å²) in [5.74, 6) is 0.725. The second-order valence-electron chi connectivity index (χ2n) is 4.35. The van der Waals surface area contributed by atoms with Gasteiger partial charge in [0.15, 0.2) is 0 Å². The molecule has 19 heavy (non-hydrogen) atoms. The summed E-state index contributed by atoms with van der Waals surface area (Å²) in [4.78, 5) is 20.8. The van der Waals surface area contributed by atoms with Crippen LogP contribution < -0.4 is 11.3 Å². The summed E-state index contributed by atoms with van der Waals surface area (Å²) in [6.45, 7) is 1.59. The molecule has 6 nitrogen and oxygen atoms in total. The van der Waals surface area contributed by atoms with Gasteiger partial charge in [-0.2, -0.15) is 0 Å². The van der Waals surface area contributed by atoms with Crippen molar-refractivity contribution in [3.8, 4) is 11.3 Å². The maximum absolute atomic E-state index is 12.3. The molecule has 0 fully saturated rings. The minimum atomic E-state index is -0.192. The van der Waals surface area contributed by atoms with E-state index in [2.05, 4.69) is 9.97 Å². The van der Waals surface area contributed by atoms with E-state index in [0.717, 1.165) is 11.4 Å². The molecule has 0 amide bonds. The lowest BCUT2D eigenvalue weighted by Gasteiger charge is -2.12. The lowest BCUT2D eigenvalue weighted by atomic mass is 10.1. The van der Waals surface area contributed by atoms with E-state index in [-0.39, 0.29) is 11.2 Å². The number of fused-ring (bicyclic) bond motifs is 1. The van der Waals surface area contributed by atoms with Gasteiger partial charge in [-0.05, 0) is 12.1 Å². The highest BCUT2D eigenvalue weighted by atomic mass is 16.5. The summed E-state index contributed by atoms with van der Waals surface area (Å²) in [6.07, 6.45) is 3.93. The molecule has 3 rings (SSSR count). The number of hydrogen-bond acceptors (Lipinski definition) is 5. The van der Waals surface area contributed by atoms with Crippen LogP contribution in [0.25, 0.3) is 11.3 Å². The molecule has 0 aromatic carbocycles. The molecule has 98 valence electrons. The molecule has 0 saturated heterocycles. The van der Waals surface area contributed by atoms with E-state index in [4.69, 9.17) is 10.5 Å². The van der Waals surface area contributed by atoms with Gasteiger partial charge < -0.3 is 10.5 Å². The Labute approximate surface area is 109 Å². The first-order chi connectivity index (χ1) is 9.27. The van der Waals surface area contributed by atoms with Crippen LogP contribution in [0.5, 0.6) is 0 Å². The molecule has 1 aliphatic rings. The van der Waals surface area contributed by atoms with Gasteiger partial charge in [-0.1, -0.05) is 0 Å². The molecular weight excluding hydrogens is 244 g/mol. The number of pyridine rings is 1. The minimum absolute atomic E-state index is 0.178. The van der Waals surface area contributed by atoms with Gasteiger partial charge in [-0.25, -0.2) is 4.98 Å². The van der Waals surface area contributed by atoms with Crippen LogP contribution in [-0.2, 0) is 17.7 Å². The number of aromatic nitrogens is 3. The summed E-state index contributed by atoms with van der Waals surface area (Å²) in [5.41, 5.74) is 7.25. The molecule has 1 aliphatic heterocycles. The topological polar surface area (TPSA) is 83.0 Å². The Hall–Kier alpha value is -2.21. The van der Waals surface area contributed by atoms with E-state index in [0.29, 0.717) is 31.9 Å². The summed E-state index contributed by atoms with van der Waals surface area (Å²) in [7, 11) is 0. The lowest BCUT2D eigenvalue weighted by Crippen LogP contribution is -2.28. The molecule has 3 heterocycles.